The molecule has 0 unspecified atom stereocenters. The first-order valence-electron chi connectivity index (χ1n) is 8.81. The molecule has 0 saturated carbocycles. The highest BCUT2D eigenvalue weighted by molar-refractivity contribution is 5.93. The number of carbonyl (C=O) groups excluding carboxylic acids is 2. The minimum Gasteiger partial charge on any atom is -0.431 e. The third-order valence-corrected chi connectivity index (χ3v) is 4.24. The number of aromatic nitrogens is 2. The summed E-state index contributed by atoms with van der Waals surface area (Å²) in [6.45, 7) is 1.61. The molecule has 9 heteroatoms. The van der Waals surface area contributed by atoms with Gasteiger partial charge in [0.1, 0.15) is 0 Å². The van der Waals surface area contributed by atoms with Crippen LogP contribution in [0.5, 0.6) is 0 Å². The predicted molar refractivity (Wildman–Crippen MR) is 101 cm³/mol. The van der Waals surface area contributed by atoms with Gasteiger partial charge >= 0.3 is 0 Å². The molecule has 0 saturated heterocycles. The molecule has 0 aliphatic rings. The van der Waals surface area contributed by atoms with Crippen LogP contribution in [0.2, 0.25) is 0 Å². The molecule has 0 radical (unpaired) electrons. The van der Waals surface area contributed by atoms with Gasteiger partial charge in [0.05, 0.1) is 6.20 Å². The van der Waals surface area contributed by atoms with Crippen molar-refractivity contribution >= 4 is 17.5 Å². The molecule has 1 N–H and O–H groups in total. The molecule has 0 atom stereocenters. The van der Waals surface area contributed by atoms with Gasteiger partial charge in [0, 0.05) is 36.8 Å². The molecule has 0 bridgehead atoms. The zero-order chi connectivity index (χ0) is 21.0. The third kappa shape index (κ3) is 4.63. The first kappa shape index (κ1) is 20.1. The largest absolute Gasteiger partial charge is 0.431 e. The molecule has 0 aliphatic heterocycles. The first-order chi connectivity index (χ1) is 13.9. The van der Waals surface area contributed by atoms with Crippen LogP contribution in [0.4, 0.5) is 14.5 Å². The highest BCUT2D eigenvalue weighted by atomic mass is 19.1. The fourth-order valence-electron chi connectivity index (χ4n) is 2.56. The number of anilines is 1. The van der Waals surface area contributed by atoms with Crippen molar-refractivity contribution in [1.82, 2.24) is 15.3 Å². The summed E-state index contributed by atoms with van der Waals surface area (Å²) >= 11 is 0. The number of carbonyl (C=O) groups is 2. The molecule has 0 fully saturated rings. The molecule has 0 spiro atoms. The monoisotopic (exact) mass is 400 g/mol. The highest BCUT2D eigenvalue weighted by Gasteiger charge is 2.15. The fourth-order valence-corrected chi connectivity index (χ4v) is 2.56. The quantitative estimate of drug-likeness (QED) is 0.642. The molecule has 2 amide bonds. The second-order valence-electron chi connectivity index (χ2n) is 6.15. The molecule has 150 valence electrons. The molecule has 29 heavy (non-hydrogen) atoms. The molecule has 3 aromatic rings. The third-order valence-electron chi connectivity index (χ3n) is 4.24. The summed E-state index contributed by atoms with van der Waals surface area (Å²) in [6, 6.07) is 9.15. The zero-order valence-corrected chi connectivity index (χ0v) is 15.8. The van der Waals surface area contributed by atoms with E-state index in [1.54, 1.807) is 43.1 Å². The summed E-state index contributed by atoms with van der Waals surface area (Å²) in [4.78, 5) is 32.6. The summed E-state index contributed by atoms with van der Waals surface area (Å²) in [6.07, 6.45) is 1.65. The Labute approximate surface area is 165 Å². The maximum absolute atomic E-state index is 13.5. The number of rotatable bonds is 6. The maximum Gasteiger partial charge on any atom is 0.289 e. The minimum absolute atomic E-state index is 0.0133. The Morgan fingerprint density at radius 3 is 2.52 bits per heavy atom. The predicted octanol–water partition coefficient (Wildman–Crippen LogP) is 3.32. The number of amides is 2. The van der Waals surface area contributed by atoms with E-state index in [-0.39, 0.29) is 29.7 Å². The smallest absolute Gasteiger partial charge is 0.289 e. The topological polar surface area (TPSA) is 88.3 Å². The molecule has 2 aromatic heterocycles. The Kier molecular flexibility index (Phi) is 5.96. The van der Waals surface area contributed by atoms with Crippen molar-refractivity contribution in [2.75, 3.05) is 11.9 Å². The number of nitrogens with zero attached hydrogens (tertiary/aromatic N) is 3. The first-order valence-corrected chi connectivity index (χ1v) is 8.81. The van der Waals surface area contributed by atoms with Crippen LogP contribution in [0.15, 0.2) is 47.0 Å². The van der Waals surface area contributed by atoms with Crippen molar-refractivity contribution in [1.29, 1.82) is 0 Å². The van der Waals surface area contributed by atoms with Crippen LogP contribution in [-0.4, -0.2) is 28.8 Å². The lowest BCUT2D eigenvalue weighted by Gasteiger charge is -2.16. The van der Waals surface area contributed by atoms with Crippen LogP contribution in [0.25, 0.3) is 11.5 Å². The van der Waals surface area contributed by atoms with Gasteiger partial charge in [-0.05, 0) is 36.4 Å². The number of benzene rings is 1. The van der Waals surface area contributed by atoms with E-state index in [1.807, 2.05) is 0 Å². The van der Waals surface area contributed by atoms with E-state index in [0.29, 0.717) is 12.0 Å². The van der Waals surface area contributed by atoms with E-state index in [1.165, 1.54) is 12.3 Å². The van der Waals surface area contributed by atoms with Gasteiger partial charge in [-0.3, -0.25) is 9.59 Å². The van der Waals surface area contributed by atoms with Gasteiger partial charge in [-0.2, -0.15) is 13.8 Å². The summed E-state index contributed by atoms with van der Waals surface area (Å²) in [5.41, 5.74) is 1.39. The van der Waals surface area contributed by atoms with E-state index in [9.17, 15) is 18.4 Å². The van der Waals surface area contributed by atoms with Crippen LogP contribution in [-0.2, 0) is 11.3 Å². The Morgan fingerprint density at radius 2 is 1.86 bits per heavy atom. The number of halogens is 2. The lowest BCUT2D eigenvalue weighted by atomic mass is 10.2. The number of nitrogens with one attached hydrogen (secondary N) is 1. The van der Waals surface area contributed by atoms with Crippen LogP contribution < -0.4 is 10.2 Å². The van der Waals surface area contributed by atoms with Crippen molar-refractivity contribution in [2.24, 2.45) is 0 Å². The Bertz CT molecular complexity index is 1030. The van der Waals surface area contributed by atoms with Crippen molar-refractivity contribution in [3.8, 4) is 11.5 Å². The van der Waals surface area contributed by atoms with E-state index in [4.69, 9.17) is 4.42 Å². The van der Waals surface area contributed by atoms with Gasteiger partial charge in [0.2, 0.25) is 29.5 Å². The van der Waals surface area contributed by atoms with E-state index >= 15 is 0 Å². The average Bonchev–Trinajstić information content (AvgIpc) is 3.22. The van der Waals surface area contributed by atoms with Gasteiger partial charge in [-0.25, -0.2) is 4.98 Å². The van der Waals surface area contributed by atoms with Crippen LogP contribution in [0.3, 0.4) is 0 Å². The zero-order valence-electron chi connectivity index (χ0n) is 15.8. The molecule has 3 rings (SSSR count). The molecular formula is C20H18F2N4O3. The van der Waals surface area contributed by atoms with E-state index < -0.39 is 17.8 Å². The molecular weight excluding hydrogens is 382 g/mol. The van der Waals surface area contributed by atoms with E-state index in [0.717, 1.165) is 11.8 Å². The van der Waals surface area contributed by atoms with Crippen LogP contribution >= 0.6 is 0 Å². The minimum atomic E-state index is -0.991. The summed E-state index contributed by atoms with van der Waals surface area (Å²) < 4.78 is 31.8. The second kappa shape index (κ2) is 8.59. The normalized spacial score (nSPS) is 10.6. The van der Waals surface area contributed by atoms with Crippen molar-refractivity contribution < 1.29 is 22.8 Å². The van der Waals surface area contributed by atoms with Gasteiger partial charge in [-0.15, -0.1) is 0 Å². The van der Waals surface area contributed by atoms with Gasteiger partial charge in [-0.1, -0.05) is 6.92 Å². The number of oxazole rings is 1. The lowest BCUT2D eigenvalue weighted by molar-refractivity contribution is -0.118. The van der Waals surface area contributed by atoms with E-state index in [2.05, 4.69) is 15.3 Å². The summed E-state index contributed by atoms with van der Waals surface area (Å²) in [5, 5.41) is 2.46. The molecule has 0 aliphatic carbocycles. The number of hydrogen-bond donors (Lipinski definition) is 1. The van der Waals surface area contributed by atoms with Gasteiger partial charge in [0.25, 0.3) is 5.91 Å². The lowest BCUT2D eigenvalue weighted by Crippen LogP contribution is -2.24. The molecule has 7 nitrogen and oxygen atoms in total. The SMILES string of the molecule is CCC(=O)N(C)c1ccc(-c2ncc(C(=O)NCc3ccc(F)nc3F)o2)cc1. The second-order valence-corrected chi connectivity index (χ2v) is 6.15. The number of pyridine rings is 1. The standard InChI is InChI=1S/C20H18F2N4O3/c1-3-17(27)26(2)14-7-4-12(5-8-14)20-24-11-15(29-20)19(28)23-10-13-6-9-16(21)25-18(13)22/h4-9,11H,3,10H2,1-2H3,(H,23,28). The Morgan fingerprint density at radius 1 is 1.14 bits per heavy atom. The average molecular weight is 400 g/mol. The highest BCUT2D eigenvalue weighted by Crippen LogP contribution is 2.23. The number of hydrogen-bond acceptors (Lipinski definition) is 5. The van der Waals surface area contributed by atoms with Crippen molar-refractivity contribution in [3.05, 3.63) is 65.8 Å². The molecule has 2 heterocycles. The summed E-state index contributed by atoms with van der Waals surface area (Å²) in [5.74, 6) is -2.37. The fraction of sp³-hybridized carbons (Fsp3) is 0.200. The van der Waals surface area contributed by atoms with Gasteiger partial charge < -0.3 is 14.6 Å². The van der Waals surface area contributed by atoms with Crippen LogP contribution in [0.1, 0.15) is 29.5 Å². The van der Waals surface area contributed by atoms with Crippen molar-refractivity contribution in [3.63, 3.8) is 0 Å². The Hall–Kier alpha value is -3.62. The van der Waals surface area contributed by atoms with Gasteiger partial charge in [0.15, 0.2) is 0 Å². The Balaban J connectivity index is 1.66. The van der Waals surface area contributed by atoms with Crippen LogP contribution in [0, 0.1) is 11.9 Å². The molecule has 1 aromatic carbocycles. The maximum atomic E-state index is 13.5. The summed E-state index contributed by atoms with van der Waals surface area (Å²) in [7, 11) is 1.69. The van der Waals surface area contributed by atoms with Crippen molar-refractivity contribution in [2.45, 2.75) is 19.9 Å².